The summed E-state index contributed by atoms with van der Waals surface area (Å²) < 4.78 is 12.3. The standard InChI is InChI=1S/C15H22BrNO2/c1-11(17-2)13-3-4-15(14(16)9-13)19-10-12-5-7-18-8-6-12/h3-4,9,11-12,17H,5-8,10H2,1-2H3. The fraction of sp³-hybridized carbons (Fsp3) is 0.600. The molecule has 0 aliphatic carbocycles. The summed E-state index contributed by atoms with van der Waals surface area (Å²) >= 11 is 3.59. The van der Waals surface area contributed by atoms with Crippen LogP contribution in [0.25, 0.3) is 0 Å². The number of benzene rings is 1. The Hall–Kier alpha value is -0.580. The van der Waals surface area contributed by atoms with E-state index in [0.29, 0.717) is 12.0 Å². The fourth-order valence-electron chi connectivity index (χ4n) is 2.19. The van der Waals surface area contributed by atoms with E-state index in [1.54, 1.807) is 0 Å². The minimum atomic E-state index is 0.348. The van der Waals surface area contributed by atoms with Crippen LogP contribution < -0.4 is 10.1 Å². The highest BCUT2D eigenvalue weighted by Crippen LogP contribution is 2.29. The molecule has 0 radical (unpaired) electrons. The lowest BCUT2D eigenvalue weighted by molar-refractivity contribution is 0.0496. The van der Waals surface area contributed by atoms with E-state index in [1.165, 1.54) is 5.56 Å². The van der Waals surface area contributed by atoms with Gasteiger partial charge in [0.05, 0.1) is 11.1 Å². The number of rotatable bonds is 5. The second kappa shape index (κ2) is 7.27. The van der Waals surface area contributed by atoms with E-state index in [0.717, 1.165) is 42.9 Å². The minimum absolute atomic E-state index is 0.348. The zero-order valence-corrected chi connectivity index (χ0v) is 13.2. The largest absolute Gasteiger partial charge is 0.492 e. The summed E-state index contributed by atoms with van der Waals surface area (Å²) in [6.45, 7) is 4.66. The predicted molar refractivity (Wildman–Crippen MR) is 80.7 cm³/mol. The zero-order valence-electron chi connectivity index (χ0n) is 11.6. The Morgan fingerprint density at radius 2 is 2.16 bits per heavy atom. The van der Waals surface area contributed by atoms with Crippen molar-refractivity contribution in [2.75, 3.05) is 26.9 Å². The number of ether oxygens (including phenoxy) is 2. The maximum absolute atomic E-state index is 5.92. The van der Waals surface area contributed by atoms with Crippen molar-refractivity contribution in [2.45, 2.75) is 25.8 Å². The smallest absolute Gasteiger partial charge is 0.133 e. The van der Waals surface area contributed by atoms with Gasteiger partial charge in [0.2, 0.25) is 0 Å². The second-order valence-corrected chi connectivity index (χ2v) is 5.92. The Kier molecular flexibility index (Phi) is 5.67. The monoisotopic (exact) mass is 327 g/mol. The number of nitrogens with one attached hydrogen (secondary N) is 1. The van der Waals surface area contributed by atoms with Gasteiger partial charge in [0.25, 0.3) is 0 Å². The van der Waals surface area contributed by atoms with Crippen molar-refractivity contribution in [2.24, 2.45) is 5.92 Å². The molecule has 1 saturated heterocycles. The van der Waals surface area contributed by atoms with Gasteiger partial charge in [-0.3, -0.25) is 0 Å². The van der Waals surface area contributed by atoms with Crippen LogP contribution in [0.2, 0.25) is 0 Å². The van der Waals surface area contributed by atoms with Crippen LogP contribution in [0.3, 0.4) is 0 Å². The molecule has 1 unspecified atom stereocenters. The highest BCUT2D eigenvalue weighted by Gasteiger charge is 2.15. The molecule has 1 aliphatic heterocycles. The topological polar surface area (TPSA) is 30.5 Å². The van der Waals surface area contributed by atoms with Gasteiger partial charge in [0.1, 0.15) is 5.75 Å². The summed E-state index contributed by atoms with van der Waals surface area (Å²) in [6, 6.07) is 6.64. The molecule has 0 aromatic heterocycles. The molecule has 0 saturated carbocycles. The van der Waals surface area contributed by atoms with Crippen molar-refractivity contribution in [3.63, 3.8) is 0 Å². The Bertz CT molecular complexity index is 405. The van der Waals surface area contributed by atoms with Gasteiger partial charge in [0, 0.05) is 19.3 Å². The molecule has 3 nitrogen and oxygen atoms in total. The molecular weight excluding hydrogens is 306 g/mol. The molecule has 4 heteroatoms. The molecule has 1 aromatic carbocycles. The van der Waals surface area contributed by atoms with Gasteiger partial charge in [-0.2, -0.15) is 0 Å². The molecule has 1 atom stereocenters. The summed E-state index contributed by atoms with van der Waals surface area (Å²) in [4.78, 5) is 0. The molecular formula is C15H22BrNO2. The first-order chi connectivity index (χ1) is 9.20. The van der Waals surface area contributed by atoms with Crippen LogP contribution in [0.1, 0.15) is 31.4 Å². The van der Waals surface area contributed by atoms with Gasteiger partial charge in [-0.05, 0) is 66.4 Å². The zero-order chi connectivity index (χ0) is 13.7. The fourth-order valence-corrected chi connectivity index (χ4v) is 2.70. The van der Waals surface area contributed by atoms with Crippen LogP contribution in [0, 0.1) is 5.92 Å². The molecule has 1 aromatic rings. The van der Waals surface area contributed by atoms with Crippen LogP contribution in [0.5, 0.6) is 5.75 Å². The summed E-state index contributed by atoms with van der Waals surface area (Å²) in [7, 11) is 1.97. The molecule has 0 bridgehead atoms. The number of hydrogen-bond acceptors (Lipinski definition) is 3. The molecule has 106 valence electrons. The molecule has 1 N–H and O–H groups in total. The van der Waals surface area contributed by atoms with Crippen LogP contribution >= 0.6 is 15.9 Å². The predicted octanol–water partition coefficient (Wildman–Crippen LogP) is 3.53. The maximum Gasteiger partial charge on any atom is 0.133 e. The van der Waals surface area contributed by atoms with Gasteiger partial charge >= 0.3 is 0 Å². The third kappa shape index (κ3) is 4.20. The van der Waals surface area contributed by atoms with Crippen molar-refractivity contribution < 1.29 is 9.47 Å². The van der Waals surface area contributed by atoms with Crippen LogP contribution in [-0.2, 0) is 4.74 Å². The molecule has 1 fully saturated rings. The highest BCUT2D eigenvalue weighted by molar-refractivity contribution is 9.10. The average Bonchev–Trinajstić information content (AvgIpc) is 2.46. The first-order valence-electron chi connectivity index (χ1n) is 6.88. The van der Waals surface area contributed by atoms with Crippen molar-refractivity contribution in [3.8, 4) is 5.75 Å². The second-order valence-electron chi connectivity index (χ2n) is 5.07. The normalized spacial score (nSPS) is 18.3. The molecule has 1 aliphatic rings. The van der Waals surface area contributed by atoms with Crippen molar-refractivity contribution >= 4 is 15.9 Å². The van der Waals surface area contributed by atoms with E-state index >= 15 is 0 Å². The van der Waals surface area contributed by atoms with Crippen molar-refractivity contribution in [1.82, 2.24) is 5.32 Å². The number of hydrogen-bond donors (Lipinski definition) is 1. The third-order valence-electron chi connectivity index (χ3n) is 3.70. The molecule has 19 heavy (non-hydrogen) atoms. The molecule has 0 amide bonds. The van der Waals surface area contributed by atoms with Crippen LogP contribution in [-0.4, -0.2) is 26.9 Å². The summed E-state index contributed by atoms with van der Waals surface area (Å²) in [5, 5.41) is 3.24. The molecule has 1 heterocycles. The summed E-state index contributed by atoms with van der Waals surface area (Å²) in [5.74, 6) is 1.55. The van der Waals surface area contributed by atoms with Gasteiger partial charge in [-0.1, -0.05) is 6.07 Å². The average molecular weight is 328 g/mol. The Labute approximate surface area is 123 Å². The van der Waals surface area contributed by atoms with E-state index in [4.69, 9.17) is 9.47 Å². The van der Waals surface area contributed by atoms with Gasteiger partial charge in [-0.15, -0.1) is 0 Å². The van der Waals surface area contributed by atoms with E-state index in [1.807, 2.05) is 13.1 Å². The van der Waals surface area contributed by atoms with Crippen LogP contribution in [0.4, 0.5) is 0 Å². The quantitative estimate of drug-likeness (QED) is 0.897. The Balaban J connectivity index is 1.93. The lowest BCUT2D eigenvalue weighted by Gasteiger charge is -2.22. The maximum atomic E-state index is 5.92. The van der Waals surface area contributed by atoms with Crippen LogP contribution in [0.15, 0.2) is 22.7 Å². The van der Waals surface area contributed by atoms with Gasteiger partial charge in [0.15, 0.2) is 0 Å². The summed E-state index contributed by atoms with van der Waals surface area (Å²) in [6.07, 6.45) is 2.21. The van der Waals surface area contributed by atoms with E-state index in [2.05, 4.69) is 40.3 Å². The van der Waals surface area contributed by atoms with Crippen molar-refractivity contribution in [1.29, 1.82) is 0 Å². The SMILES string of the molecule is CNC(C)c1ccc(OCC2CCOCC2)c(Br)c1. The lowest BCUT2D eigenvalue weighted by atomic mass is 10.0. The Morgan fingerprint density at radius 1 is 1.42 bits per heavy atom. The summed E-state index contributed by atoms with van der Waals surface area (Å²) in [5.41, 5.74) is 1.26. The molecule has 0 spiro atoms. The lowest BCUT2D eigenvalue weighted by Crippen LogP contribution is -2.21. The minimum Gasteiger partial charge on any atom is -0.492 e. The first-order valence-corrected chi connectivity index (χ1v) is 7.67. The third-order valence-corrected chi connectivity index (χ3v) is 4.32. The number of halogens is 1. The van der Waals surface area contributed by atoms with E-state index in [-0.39, 0.29) is 0 Å². The van der Waals surface area contributed by atoms with Crippen molar-refractivity contribution in [3.05, 3.63) is 28.2 Å². The van der Waals surface area contributed by atoms with Gasteiger partial charge in [-0.25, -0.2) is 0 Å². The molecule has 2 rings (SSSR count). The highest BCUT2D eigenvalue weighted by atomic mass is 79.9. The van der Waals surface area contributed by atoms with E-state index < -0.39 is 0 Å². The Morgan fingerprint density at radius 3 is 2.79 bits per heavy atom. The van der Waals surface area contributed by atoms with Gasteiger partial charge < -0.3 is 14.8 Å². The first kappa shape index (κ1) is 14.8. The van der Waals surface area contributed by atoms with E-state index in [9.17, 15) is 0 Å².